The minimum absolute atomic E-state index is 0.0138. The Hall–Kier alpha value is -4.07. The van der Waals surface area contributed by atoms with Gasteiger partial charge in [-0.25, -0.2) is 13.8 Å². The average Bonchev–Trinajstić information content (AvgIpc) is 3.38. The van der Waals surface area contributed by atoms with Gasteiger partial charge in [-0.15, -0.1) is 0 Å². The number of fused-ring (bicyclic) bond motifs is 1. The van der Waals surface area contributed by atoms with Crippen molar-refractivity contribution in [2.75, 3.05) is 32.1 Å². The summed E-state index contributed by atoms with van der Waals surface area (Å²) in [5.41, 5.74) is 1.34. The molecule has 0 radical (unpaired) electrons. The lowest BCUT2D eigenvalue weighted by molar-refractivity contribution is -0.141. The number of halogens is 3. The van der Waals surface area contributed by atoms with Crippen LogP contribution < -0.4 is 21.3 Å². The number of carbonyl (C=O) groups excluding carboxylic acids is 3. The van der Waals surface area contributed by atoms with Crippen LogP contribution in [0.3, 0.4) is 0 Å². The summed E-state index contributed by atoms with van der Waals surface area (Å²) in [6, 6.07) is 6.24. The van der Waals surface area contributed by atoms with Gasteiger partial charge in [0, 0.05) is 21.0 Å². The van der Waals surface area contributed by atoms with E-state index >= 15 is 0 Å². The largest absolute Gasteiger partial charge is 0.469 e. The van der Waals surface area contributed by atoms with Crippen LogP contribution >= 0.6 is 15.9 Å². The SMILES string of the molecule is COC(=O)C[C@H](NC(=O)CNC(=O)c1cc(NC2=NCC(F)CN2)c2cn[nH]c2c1)c1cc(Br)ccc1F. The van der Waals surface area contributed by atoms with Crippen LogP contribution in [0.1, 0.15) is 28.4 Å². The van der Waals surface area contributed by atoms with Gasteiger partial charge in [0.25, 0.3) is 5.91 Å². The molecule has 0 saturated carbocycles. The third-order valence-electron chi connectivity index (χ3n) is 5.69. The molecule has 3 aromatic rings. The molecule has 4 rings (SSSR count). The number of guanidine groups is 1. The molecule has 0 bridgehead atoms. The van der Waals surface area contributed by atoms with E-state index in [1.54, 1.807) is 18.3 Å². The van der Waals surface area contributed by atoms with Crippen LogP contribution in [-0.2, 0) is 14.3 Å². The first-order chi connectivity index (χ1) is 18.2. The summed E-state index contributed by atoms with van der Waals surface area (Å²) < 4.78 is 33.0. The number of H-pyrrole nitrogens is 1. The molecule has 1 aliphatic rings. The van der Waals surface area contributed by atoms with Gasteiger partial charge >= 0.3 is 5.97 Å². The van der Waals surface area contributed by atoms with E-state index < -0.39 is 42.4 Å². The highest BCUT2D eigenvalue weighted by Crippen LogP contribution is 2.26. The first-order valence-corrected chi connectivity index (χ1v) is 12.3. The number of aliphatic imine (C=N–C) groups is 1. The smallest absolute Gasteiger partial charge is 0.307 e. The summed E-state index contributed by atoms with van der Waals surface area (Å²) in [6.45, 7) is -0.321. The number of carbonyl (C=O) groups is 3. The highest BCUT2D eigenvalue weighted by atomic mass is 79.9. The number of benzene rings is 2. The quantitative estimate of drug-likeness (QED) is 0.252. The second kappa shape index (κ2) is 12.0. The lowest BCUT2D eigenvalue weighted by Gasteiger charge is -2.20. The normalized spacial score (nSPS) is 15.7. The van der Waals surface area contributed by atoms with Crippen molar-refractivity contribution in [3.8, 4) is 0 Å². The van der Waals surface area contributed by atoms with Crippen molar-refractivity contribution in [1.29, 1.82) is 0 Å². The minimum atomic E-state index is -1.08. The number of hydrogen-bond acceptors (Lipinski definition) is 8. The molecule has 0 aliphatic carbocycles. The Bertz CT molecular complexity index is 1400. The predicted molar refractivity (Wildman–Crippen MR) is 139 cm³/mol. The topological polar surface area (TPSA) is 150 Å². The van der Waals surface area contributed by atoms with E-state index in [2.05, 4.69) is 57.1 Å². The van der Waals surface area contributed by atoms with Crippen molar-refractivity contribution in [1.82, 2.24) is 26.1 Å². The molecule has 38 heavy (non-hydrogen) atoms. The minimum Gasteiger partial charge on any atom is -0.469 e. The monoisotopic (exact) mass is 591 g/mol. The Labute approximate surface area is 223 Å². The molecule has 1 aliphatic heterocycles. The van der Waals surface area contributed by atoms with Crippen LogP contribution in [-0.4, -0.2) is 66.9 Å². The van der Waals surface area contributed by atoms with Gasteiger partial charge in [0.1, 0.15) is 12.0 Å². The van der Waals surface area contributed by atoms with Crippen molar-refractivity contribution < 1.29 is 27.9 Å². The summed E-state index contributed by atoms with van der Waals surface area (Å²) in [5.74, 6) is -2.12. The van der Waals surface area contributed by atoms with E-state index in [1.165, 1.54) is 25.3 Å². The molecule has 11 nitrogen and oxygen atoms in total. The van der Waals surface area contributed by atoms with E-state index in [9.17, 15) is 23.2 Å². The molecular weight excluding hydrogens is 568 g/mol. The fraction of sp³-hybridized carbons (Fsp3) is 0.292. The number of esters is 1. The number of ether oxygens (including phenoxy) is 1. The van der Waals surface area contributed by atoms with Gasteiger partial charge in [-0.3, -0.25) is 19.5 Å². The molecule has 200 valence electrons. The van der Waals surface area contributed by atoms with Crippen LogP contribution in [0.4, 0.5) is 14.5 Å². The zero-order valence-corrected chi connectivity index (χ0v) is 21.7. The van der Waals surface area contributed by atoms with Gasteiger partial charge in [-0.1, -0.05) is 15.9 Å². The third kappa shape index (κ3) is 6.62. The number of rotatable bonds is 8. The average molecular weight is 592 g/mol. The number of hydrogen-bond donors (Lipinski definition) is 5. The maximum Gasteiger partial charge on any atom is 0.307 e. The number of aromatic amines is 1. The van der Waals surface area contributed by atoms with Gasteiger partial charge in [0.05, 0.1) is 56.6 Å². The number of alkyl halides is 1. The first-order valence-electron chi connectivity index (χ1n) is 11.5. The summed E-state index contributed by atoms with van der Waals surface area (Å²) in [7, 11) is 1.19. The number of aromatic nitrogens is 2. The lowest BCUT2D eigenvalue weighted by atomic mass is 10.0. The molecule has 2 amide bonds. The maximum atomic E-state index is 14.4. The van der Waals surface area contributed by atoms with Crippen LogP contribution in [0.25, 0.3) is 10.9 Å². The molecule has 0 spiro atoms. The molecule has 2 atom stereocenters. The van der Waals surface area contributed by atoms with Gasteiger partial charge in [0.2, 0.25) is 5.91 Å². The Balaban J connectivity index is 1.45. The number of nitrogens with zero attached hydrogens (tertiary/aromatic N) is 2. The van der Waals surface area contributed by atoms with Crippen molar-refractivity contribution in [2.24, 2.45) is 4.99 Å². The van der Waals surface area contributed by atoms with E-state index in [0.717, 1.165) is 0 Å². The van der Waals surface area contributed by atoms with Crippen molar-refractivity contribution in [3.05, 3.63) is 57.9 Å². The third-order valence-corrected chi connectivity index (χ3v) is 6.18. The molecule has 5 N–H and O–H groups in total. The molecule has 1 aromatic heterocycles. The van der Waals surface area contributed by atoms with Gasteiger partial charge in [-0.05, 0) is 30.3 Å². The van der Waals surface area contributed by atoms with Crippen LogP contribution in [0, 0.1) is 5.82 Å². The van der Waals surface area contributed by atoms with E-state index in [-0.39, 0.29) is 30.6 Å². The summed E-state index contributed by atoms with van der Waals surface area (Å²) in [4.78, 5) is 41.5. The molecule has 1 unspecified atom stereocenters. The molecule has 2 heterocycles. The lowest BCUT2D eigenvalue weighted by Crippen LogP contribution is -2.41. The summed E-state index contributed by atoms with van der Waals surface area (Å²) in [6.07, 6.45) is 0.178. The zero-order valence-electron chi connectivity index (χ0n) is 20.1. The number of amides is 2. The van der Waals surface area contributed by atoms with Gasteiger partial charge in [0.15, 0.2) is 5.96 Å². The van der Waals surface area contributed by atoms with Gasteiger partial charge in [-0.2, -0.15) is 5.10 Å². The Kier molecular flexibility index (Phi) is 8.51. The highest BCUT2D eigenvalue weighted by Gasteiger charge is 2.23. The molecule has 2 aromatic carbocycles. The molecule has 0 fully saturated rings. The Morgan fingerprint density at radius 1 is 1.26 bits per heavy atom. The van der Waals surface area contributed by atoms with Crippen LogP contribution in [0.2, 0.25) is 0 Å². The first kappa shape index (κ1) is 27.0. The second-order valence-electron chi connectivity index (χ2n) is 8.40. The fourth-order valence-corrected chi connectivity index (χ4v) is 4.17. The van der Waals surface area contributed by atoms with Crippen molar-refractivity contribution in [2.45, 2.75) is 18.6 Å². The number of methoxy groups -OCH3 is 1. The number of anilines is 1. The zero-order chi connectivity index (χ0) is 27.2. The summed E-state index contributed by atoms with van der Waals surface area (Å²) in [5, 5.41) is 18.4. The van der Waals surface area contributed by atoms with Crippen LogP contribution in [0.15, 0.2) is 46.0 Å². The molecular formula is C24H24BrF2N7O4. The van der Waals surface area contributed by atoms with Gasteiger partial charge < -0.3 is 26.0 Å². The molecule has 14 heteroatoms. The predicted octanol–water partition coefficient (Wildman–Crippen LogP) is 2.32. The van der Waals surface area contributed by atoms with Crippen LogP contribution in [0.5, 0.6) is 0 Å². The number of nitrogens with one attached hydrogen (secondary N) is 5. The van der Waals surface area contributed by atoms with E-state index in [0.29, 0.717) is 27.0 Å². The van der Waals surface area contributed by atoms with Crippen molar-refractivity contribution >= 4 is 56.3 Å². The second-order valence-corrected chi connectivity index (χ2v) is 9.31. The highest BCUT2D eigenvalue weighted by molar-refractivity contribution is 9.10. The van der Waals surface area contributed by atoms with E-state index in [4.69, 9.17) is 0 Å². The standard InChI is InChI=1S/C24H24BrF2N7O4/c1-38-22(36)7-19(15-6-13(25)2-3-17(15)27)32-21(35)11-28-23(37)12-4-18(16-10-31-34-20(16)5-12)33-24-29-8-14(26)9-30-24/h2-6,10,14,19H,7-9,11H2,1H3,(H,28,37)(H,31,34)(H,32,35)(H2,29,30,33)/t19-/m0/s1. The van der Waals surface area contributed by atoms with E-state index in [1.807, 2.05) is 0 Å². The molecule has 0 saturated heterocycles. The Morgan fingerprint density at radius 3 is 2.82 bits per heavy atom. The maximum absolute atomic E-state index is 14.4. The summed E-state index contributed by atoms with van der Waals surface area (Å²) >= 11 is 3.25. The fourth-order valence-electron chi connectivity index (χ4n) is 3.79. The Morgan fingerprint density at radius 2 is 2.08 bits per heavy atom. The van der Waals surface area contributed by atoms with Crippen molar-refractivity contribution in [3.63, 3.8) is 0 Å².